The number of benzene rings is 2. The molecule has 2 rings (SSSR count). The number of carbonyl (C=O) groups excluding carboxylic acids is 1. The highest BCUT2D eigenvalue weighted by molar-refractivity contribution is 7.92. The van der Waals surface area contributed by atoms with Gasteiger partial charge in [0.2, 0.25) is 5.91 Å². The van der Waals surface area contributed by atoms with Crippen LogP contribution in [0.1, 0.15) is 25.8 Å². The first-order chi connectivity index (χ1) is 12.8. The first kappa shape index (κ1) is 20.8. The van der Waals surface area contributed by atoms with Crippen LogP contribution in [0.4, 0.5) is 5.69 Å². The van der Waals surface area contributed by atoms with Crippen LogP contribution >= 0.6 is 0 Å². The SMILES string of the molecule is CC[C@@H](C)NC(=O)CN(c1ccc(OC)cc1)S(=O)(=O)c1ccc(C)cc1. The van der Waals surface area contributed by atoms with Crippen molar-refractivity contribution in [1.82, 2.24) is 5.32 Å². The third-order valence-corrected chi connectivity index (χ3v) is 6.06. The van der Waals surface area contributed by atoms with Crippen LogP contribution in [0, 0.1) is 6.92 Å². The van der Waals surface area contributed by atoms with E-state index in [2.05, 4.69) is 5.32 Å². The van der Waals surface area contributed by atoms with Crippen molar-refractivity contribution in [2.75, 3.05) is 18.0 Å². The largest absolute Gasteiger partial charge is 0.497 e. The van der Waals surface area contributed by atoms with Crippen molar-refractivity contribution >= 4 is 21.6 Å². The Morgan fingerprint density at radius 2 is 1.70 bits per heavy atom. The topological polar surface area (TPSA) is 75.7 Å². The fourth-order valence-electron chi connectivity index (χ4n) is 2.45. The normalized spacial score (nSPS) is 12.3. The van der Waals surface area contributed by atoms with Gasteiger partial charge in [-0.15, -0.1) is 0 Å². The Morgan fingerprint density at radius 3 is 2.22 bits per heavy atom. The van der Waals surface area contributed by atoms with Crippen LogP contribution in [0.2, 0.25) is 0 Å². The standard InChI is InChI=1S/C20H26N2O4S/c1-5-16(3)21-20(23)14-22(17-8-10-18(26-4)11-9-17)27(24,25)19-12-6-15(2)7-13-19/h6-13,16H,5,14H2,1-4H3,(H,21,23)/t16-/m1/s1. The predicted octanol–water partition coefficient (Wildman–Crippen LogP) is 3.11. The molecule has 0 saturated heterocycles. The van der Waals surface area contributed by atoms with Crippen molar-refractivity contribution in [3.05, 3.63) is 54.1 Å². The minimum atomic E-state index is -3.90. The Morgan fingerprint density at radius 1 is 1.11 bits per heavy atom. The number of hydrogen-bond acceptors (Lipinski definition) is 4. The molecular formula is C20H26N2O4S. The van der Waals surface area contributed by atoms with Gasteiger partial charge >= 0.3 is 0 Å². The van der Waals surface area contributed by atoms with Gasteiger partial charge < -0.3 is 10.1 Å². The molecule has 0 heterocycles. The molecule has 0 unspecified atom stereocenters. The Balaban J connectivity index is 2.41. The second kappa shape index (κ2) is 8.90. The molecule has 0 saturated carbocycles. The van der Waals surface area contributed by atoms with Gasteiger partial charge in [-0.3, -0.25) is 9.10 Å². The van der Waals surface area contributed by atoms with E-state index in [4.69, 9.17) is 4.74 Å². The molecule has 0 aliphatic heterocycles. The van der Waals surface area contributed by atoms with Crippen LogP contribution in [0.25, 0.3) is 0 Å². The van der Waals surface area contributed by atoms with Crippen LogP contribution < -0.4 is 14.4 Å². The summed E-state index contributed by atoms with van der Waals surface area (Å²) in [7, 11) is -2.36. The van der Waals surface area contributed by atoms with Crippen molar-refractivity contribution < 1.29 is 17.9 Å². The lowest BCUT2D eigenvalue weighted by Gasteiger charge is -2.25. The van der Waals surface area contributed by atoms with Crippen molar-refractivity contribution in [2.45, 2.75) is 38.1 Å². The number of methoxy groups -OCH3 is 1. The highest BCUT2D eigenvalue weighted by Gasteiger charge is 2.27. The van der Waals surface area contributed by atoms with Crippen LogP contribution in [0.3, 0.4) is 0 Å². The van der Waals surface area contributed by atoms with Gasteiger partial charge in [-0.1, -0.05) is 24.6 Å². The van der Waals surface area contributed by atoms with Crippen molar-refractivity contribution in [3.63, 3.8) is 0 Å². The predicted molar refractivity (Wildman–Crippen MR) is 107 cm³/mol. The van der Waals surface area contributed by atoms with Gasteiger partial charge in [0.1, 0.15) is 12.3 Å². The third-order valence-electron chi connectivity index (χ3n) is 4.28. The molecule has 6 nitrogen and oxygen atoms in total. The number of hydrogen-bond donors (Lipinski definition) is 1. The Bertz CT molecular complexity index is 862. The maximum absolute atomic E-state index is 13.2. The zero-order chi connectivity index (χ0) is 20.0. The lowest BCUT2D eigenvalue weighted by atomic mass is 10.2. The second-order valence-electron chi connectivity index (χ2n) is 6.40. The first-order valence-corrected chi connectivity index (χ1v) is 10.2. The molecule has 2 aromatic rings. The minimum Gasteiger partial charge on any atom is -0.497 e. The molecule has 27 heavy (non-hydrogen) atoms. The molecule has 1 N–H and O–H groups in total. The van der Waals surface area contributed by atoms with E-state index in [1.54, 1.807) is 48.5 Å². The van der Waals surface area contributed by atoms with Crippen molar-refractivity contribution in [2.24, 2.45) is 0 Å². The summed E-state index contributed by atoms with van der Waals surface area (Å²) in [5.74, 6) is 0.256. The molecule has 0 radical (unpaired) electrons. The molecule has 0 spiro atoms. The minimum absolute atomic E-state index is 0.0303. The zero-order valence-corrected chi connectivity index (χ0v) is 16.9. The molecule has 1 atom stereocenters. The smallest absolute Gasteiger partial charge is 0.264 e. The summed E-state index contributed by atoms with van der Waals surface area (Å²) in [6, 6.07) is 13.1. The number of carbonyl (C=O) groups is 1. The summed E-state index contributed by atoms with van der Waals surface area (Å²) in [5.41, 5.74) is 1.36. The summed E-state index contributed by atoms with van der Waals surface area (Å²) < 4.78 is 32.7. The van der Waals surface area contributed by atoms with E-state index >= 15 is 0 Å². The Kier molecular flexibility index (Phi) is 6.85. The summed E-state index contributed by atoms with van der Waals surface area (Å²) in [6.07, 6.45) is 0.763. The van der Waals surface area contributed by atoms with Gasteiger partial charge in [0.05, 0.1) is 17.7 Å². The highest BCUT2D eigenvalue weighted by atomic mass is 32.2. The van der Waals surface area contributed by atoms with Gasteiger partial charge in [0.25, 0.3) is 10.0 Å². The summed E-state index contributed by atoms with van der Waals surface area (Å²) in [4.78, 5) is 12.5. The van der Waals surface area contributed by atoms with E-state index in [0.29, 0.717) is 11.4 Å². The number of rotatable bonds is 8. The molecule has 2 aromatic carbocycles. The molecule has 0 aliphatic carbocycles. The highest BCUT2D eigenvalue weighted by Crippen LogP contribution is 2.26. The van der Waals surface area contributed by atoms with Gasteiger partial charge in [0.15, 0.2) is 0 Å². The maximum atomic E-state index is 13.2. The van der Waals surface area contributed by atoms with Crippen molar-refractivity contribution in [1.29, 1.82) is 0 Å². The van der Waals surface area contributed by atoms with Crippen LogP contribution in [-0.4, -0.2) is 34.0 Å². The van der Waals surface area contributed by atoms with E-state index < -0.39 is 10.0 Å². The Labute approximate surface area is 161 Å². The first-order valence-electron chi connectivity index (χ1n) is 8.80. The van der Waals surface area contributed by atoms with E-state index in [1.807, 2.05) is 20.8 Å². The number of anilines is 1. The van der Waals surface area contributed by atoms with Crippen LogP contribution in [0.5, 0.6) is 5.75 Å². The molecule has 0 fully saturated rings. The van der Waals surface area contributed by atoms with Gasteiger partial charge in [-0.05, 0) is 56.7 Å². The molecule has 1 amide bonds. The average Bonchev–Trinajstić information content (AvgIpc) is 2.66. The lowest BCUT2D eigenvalue weighted by Crippen LogP contribution is -2.43. The van der Waals surface area contributed by atoms with Crippen molar-refractivity contribution in [3.8, 4) is 5.75 Å². The fourth-order valence-corrected chi connectivity index (χ4v) is 3.87. The van der Waals surface area contributed by atoms with Crippen LogP contribution in [0.15, 0.2) is 53.4 Å². The van der Waals surface area contributed by atoms with E-state index in [9.17, 15) is 13.2 Å². The molecule has 7 heteroatoms. The molecule has 146 valence electrons. The van der Waals surface area contributed by atoms with Gasteiger partial charge in [-0.25, -0.2) is 8.42 Å². The fraction of sp³-hybridized carbons (Fsp3) is 0.350. The monoisotopic (exact) mass is 390 g/mol. The maximum Gasteiger partial charge on any atom is 0.264 e. The molecular weight excluding hydrogens is 364 g/mol. The number of amides is 1. The molecule has 0 aromatic heterocycles. The number of sulfonamides is 1. The quantitative estimate of drug-likeness (QED) is 0.751. The van der Waals surface area contributed by atoms with E-state index in [0.717, 1.165) is 16.3 Å². The third kappa shape index (κ3) is 5.23. The summed E-state index contributed by atoms with van der Waals surface area (Å²) >= 11 is 0. The number of nitrogens with zero attached hydrogens (tertiary/aromatic N) is 1. The van der Waals surface area contributed by atoms with Crippen LogP contribution in [-0.2, 0) is 14.8 Å². The average molecular weight is 391 g/mol. The summed E-state index contributed by atoms with van der Waals surface area (Å²) in [5, 5.41) is 2.82. The molecule has 0 bridgehead atoms. The Hall–Kier alpha value is -2.54. The number of aryl methyl sites for hydroxylation is 1. The number of nitrogens with one attached hydrogen (secondary N) is 1. The number of ether oxygens (including phenoxy) is 1. The van der Waals surface area contributed by atoms with E-state index in [-0.39, 0.29) is 23.4 Å². The lowest BCUT2D eigenvalue weighted by molar-refractivity contribution is -0.120. The molecule has 0 aliphatic rings. The summed E-state index contributed by atoms with van der Waals surface area (Å²) in [6.45, 7) is 5.42. The van der Waals surface area contributed by atoms with E-state index in [1.165, 1.54) is 7.11 Å². The second-order valence-corrected chi connectivity index (χ2v) is 8.26. The zero-order valence-electron chi connectivity index (χ0n) is 16.1. The van der Waals surface area contributed by atoms with Gasteiger partial charge in [0, 0.05) is 6.04 Å². The van der Waals surface area contributed by atoms with Gasteiger partial charge in [-0.2, -0.15) is 0 Å².